The molecule has 1 heterocycles. The number of rotatable bonds is 2. The van der Waals surface area contributed by atoms with E-state index in [0.29, 0.717) is 16.9 Å². The van der Waals surface area contributed by atoms with Crippen molar-refractivity contribution in [3.63, 3.8) is 0 Å². The van der Waals surface area contributed by atoms with Crippen LogP contribution in [0.4, 0.5) is 0 Å². The van der Waals surface area contributed by atoms with Crippen LogP contribution in [0.25, 0.3) is 0 Å². The number of halogens is 1. The number of piperidine rings is 1. The molecule has 4 atom stereocenters. The van der Waals surface area contributed by atoms with Crippen LogP contribution in [0.15, 0.2) is 30.3 Å². The molecule has 1 saturated carbocycles. The molecule has 0 aromatic heterocycles. The van der Waals surface area contributed by atoms with Gasteiger partial charge in [0.25, 0.3) is 0 Å². The van der Waals surface area contributed by atoms with Crippen LogP contribution in [0.2, 0.25) is 0 Å². The van der Waals surface area contributed by atoms with Gasteiger partial charge in [-0.25, -0.2) is 0 Å². The maximum Gasteiger partial charge on any atom is 0.0379 e. The van der Waals surface area contributed by atoms with Crippen molar-refractivity contribution in [2.24, 2.45) is 11.7 Å². The number of hydrogen-bond donors (Lipinski definition) is 1. The number of nitrogens with two attached hydrogens (primary N) is 1. The van der Waals surface area contributed by atoms with Crippen LogP contribution in [-0.2, 0) is 6.54 Å². The van der Waals surface area contributed by atoms with E-state index >= 15 is 0 Å². The Hall–Kier alpha value is -0.380. The average Bonchev–Trinajstić information content (AvgIpc) is 2.71. The third-order valence-electron chi connectivity index (χ3n) is 3.91. The second-order valence-corrected chi connectivity index (χ2v) is 6.07. The quantitative estimate of drug-likeness (QED) is 0.840. The number of hydrogen-bond acceptors (Lipinski definition) is 2. The molecule has 1 aromatic carbocycles. The van der Waals surface area contributed by atoms with Crippen LogP contribution >= 0.6 is 15.9 Å². The first kappa shape index (κ1) is 10.8. The van der Waals surface area contributed by atoms with Gasteiger partial charge in [-0.15, -0.1) is 0 Å². The Kier molecular flexibility index (Phi) is 2.78. The van der Waals surface area contributed by atoms with Crippen molar-refractivity contribution in [3.05, 3.63) is 35.9 Å². The van der Waals surface area contributed by atoms with Gasteiger partial charge in [0.1, 0.15) is 0 Å². The smallest absolute Gasteiger partial charge is 0.0379 e. The maximum absolute atomic E-state index is 6.18. The Bertz CT molecular complexity index is 367. The molecule has 4 unspecified atom stereocenters. The zero-order valence-corrected chi connectivity index (χ0v) is 10.8. The number of likely N-dealkylation sites (tertiary alicyclic amines) is 1. The summed E-state index contributed by atoms with van der Waals surface area (Å²) >= 11 is 3.80. The highest BCUT2D eigenvalue weighted by Crippen LogP contribution is 2.42. The second-order valence-electron chi connectivity index (χ2n) is 5.01. The van der Waals surface area contributed by atoms with Crippen LogP contribution < -0.4 is 5.73 Å². The Morgan fingerprint density at radius 1 is 1.31 bits per heavy atom. The van der Waals surface area contributed by atoms with Gasteiger partial charge >= 0.3 is 0 Å². The highest BCUT2D eigenvalue weighted by atomic mass is 79.9. The SMILES string of the molecule is NC1CC2CN(Cc3ccccc3)C1C2Br. The largest absolute Gasteiger partial charge is 0.326 e. The summed E-state index contributed by atoms with van der Waals surface area (Å²) in [7, 11) is 0. The fourth-order valence-electron chi connectivity index (χ4n) is 3.19. The van der Waals surface area contributed by atoms with Gasteiger partial charge in [-0.2, -0.15) is 0 Å². The molecule has 16 heavy (non-hydrogen) atoms. The van der Waals surface area contributed by atoms with Crippen LogP contribution in [0, 0.1) is 5.92 Å². The van der Waals surface area contributed by atoms with Crippen molar-refractivity contribution in [1.29, 1.82) is 0 Å². The van der Waals surface area contributed by atoms with Gasteiger partial charge < -0.3 is 5.73 Å². The van der Waals surface area contributed by atoms with E-state index in [-0.39, 0.29) is 0 Å². The zero-order valence-electron chi connectivity index (χ0n) is 9.22. The number of alkyl halides is 1. The fraction of sp³-hybridized carbons (Fsp3) is 0.538. The molecule has 1 aliphatic heterocycles. The van der Waals surface area contributed by atoms with E-state index < -0.39 is 0 Å². The van der Waals surface area contributed by atoms with Crippen LogP contribution in [0.5, 0.6) is 0 Å². The predicted octanol–water partition coefficient (Wildman–Crippen LogP) is 1.98. The predicted molar refractivity (Wildman–Crippen MR) is 69.4 cm³/mol. The van der Waals surface area contributed by atoms with Gasteiger partial charge in [-0.1, -0.05) is 46.3 Å². The number of benzene rings is 1. The molecular weight excluding hydrogens is 264 g/mol. The standard InChI is InChI=1S/C13H17BrN2/c14-12-10-6-11(15)13(12)16(8-10)7-9-4-2-1-3-5-9/h1-5,10-13H,6-8,15H2. The second kappa shape index (κ2) is 4.13. The molecule has 2 aliphatic rings. The van der Waals surface area contributed by atoms with E-state index in [9.17, 15) is 0 Å². The number of fused-ring (bicyclic) bond motifs is 2. The van der Waals surface area contributed by atoms with E-state index in [2.05, 4.69) is 51.2 Å². The summed E-state index contributed by atoms with van der Waals surface area (Å²) in [6.45, 7) is 2.24. The van der Waals surface area contributed by atoms with Gasteiger partial charge in [-0.05, 0) is 17.9 Å². The first-order valence-electron chi connectivity index (χ1n) is 5.93. The molecule has 1 aliphatic carbocycles. The fourth-order valence-corrected chi connectivity index (χ4v) is 4.30. The summed E-state index contributed by atoms with van der Waals surface area (Å²) in [6, 6.07) is 11.6. The lowest BCUT2D eigenvalue weighted by Crippen LogP contribution is -2.46. The first-order valence-corrected chi connectivity index (χ1v) is 6.85. The normalized spacial score (nSPS) is 38.1. The van der Waals surface area contributed by atoms with E-state index in [4.69, 9.17) is 5.73 Å². The molecule has 1 saturated heterocycles. The summed E-state index contributed by atoms with van der Waals surface area (Å²) in [5.41, 5.74) is 7.57. The maximum atomic E-state index is 6.18. The molecule has 2 N–H and O–H groups in total. The molecule has 1 aromatic rings. The molecule has 3 rings (SSSR count). The lowest BCUT2D eigenvalue weighted by Gasteiger charge is -2.31. The van der Waals surface area contributed by atoms with Gasteiger partial charge in [0.15, 0.2) is 0 Å². The Morgan fingerprint density at radius 3 is 2.69 bits per heavy atom. The van der Waals surface area contributed by atoms with Gasteiger partial charge in [0, 0.05) is 30.0 Å². The van der Waals surface area contributed by atoms with Crippen LogP contribution in [0.3, 0.4) is 0 Å². The summed E-state index contributed by atoms with van der Waals surface area (Å²) < 4.78 is 0. The van der Waals surface area contributed by atoms with Crippen molar-refractivity contribution in [3.8, 4) is 0 Å². The van der Waals surface area contributed by atoms with E-state index in [1.165, 1.54) is 18.5 Å². The van der Waals surface area contributed by atoms with Gasteiger partial charge in [0.2, 0.25) is 0 Å². The molecule has 2 bridgehead atoms. The molecular formula is C13H17BrN2. The van der Waals surface area contributed by atoms with Crippen LogP contribution in [-0.4, -0.2) is 28.4 Å². The average molecular weight is 281 g/mol. The highest BCUT2D eigenvalue weighted by molar-refractivity contribution is 9.09. The lowest BCUT2D eigenvalue weighted by atomic mass is 10.1. The minimum atomic E-state index is 0.354. The first-order chi connectivity index (χ1) is 7.75. The number of nitrogens with zero attached hydrogens (tertiary/aromatic N) is 1. The summed E-state index contributed by atoms with van der Waals surface area (Å²) in [5, 5.41) is 0. The van der Waals surface area contributed by atoms with Gasteiger partial charge in [0.05, 0.1) is 0 Å². The van der Waals surface area contributed by atoms with E-state index in [0.717, 1.165) is 12.5 Å². The topological polar surface area (TPSA) is 29.3 Å². The summed E-state index contributed by atoms with van der Waals surface area (Å²) in [5.74, 6) is 0.753. The molecule has 3 heteroatoms. The van der Waals surface area contributed by atoms with Crippen molar-refractivity contribution < 1.29 is 0 Å². The zero-order chi connectivity index (χ0) is 11.1. The molecule has 0 spiro atoms. The van der Waals surface area contributed by atoms with Gasteiger partial charge in [-0.3, -0.25) is 4.90 Å². The Morgan fingerprint density at radius 2 is 2.06 bits per heavy atom. The van der Waals surface area contributed by atoms with Crippen molar-refractivity contribution >= 4 is 15.9 Å². The molecule has 0 amide bonds. The molecule has 86 valence electrons. The Balaban J connectivity index is 1.74. The van der Waals surface area contributed by atoms with Crippen LogP contribution in [0.1, 0.15) is 12.0 Å². The van der Waals surface area contributed by atoms with E-state index in [1.54, 1.807) is 0 Å². The third-order valence-corrected chi connectivity index (χ3v) is 5.20. The molecule has 0 radical (unpaired) electrons. The van der Waals surface area contributed by atoms with E-state index in [1.807, 2.05) is 0 Å². The highest BCUT2D eigenvalue weighted by Gasteiger charge is 2.49. The van der Waals surface area contributed by atoms with Crippen molar-refractivity contribution in [1.82, 2.24) is 4.90 Å². The monoisotopic (exact) mass is 280 g/mol. The summed E-state index contributed by atoms with van der Waals surface area (Å²) in [4.78, 5) is 3.14. The Labute approximate surface area is 105 Å². The molecule has 2 fully saturated rings. The van der Waals surface area contributed by atoms with Crippen molar-refractivity contribution in [2.45, 2.75) is 29.9 Å². The van der Waals surface area contributed by atoms with Crippen molar-refractivity contribution in [2.75, 3.05) is 6.54 Å². The lowest BCUT2D eigenvalue weighted by molar-refractivity contribution is 0.186. The minimum Gasteiger partial charge on any atom is -0.326 e. The summed E-state index contributed by atoms with van der Waals surface area (Å²) in [6.07, 6.45) is 1.19. The third kappa shape index (κ3) is 1.71. The minimum absolute atomic E-state index is 0.354. The molecule has 2 nitrogen and oxygen atoms in total.